The van der Waals surface area contributed by atoms with Gasteiger partial charge in [-0.1, -0.05) is 0 Å². The van der Waals surface area contributed by atoms with Crippen molar-refractivity contribution in [1.29, 1.82) is 0 Å². The third-order valence-corrected chi connectivity index (χ3v) is 4.86. The average Bonchev–Trinajstić information content (AvgIpc) is 2.62. The summed E-state index contributed by atoms with van der Waals surface area (Å²) in [5.74, 6) is 0. The van der Waals surface area contributed by atoms with Crippen molar-refractivity contribution in [2.45, 2.75) is 4.82 Å². The van der Waals surface area contributed by atoms with Gasteiger partial charge in [0.15, 0.2) is 0 Å². The summed E-state index contributed by atoms with van der Waals surface area (Å²) in [6, 6.07) is 0. The van der Waals surface area contributed by atoms with E-state index in [9.17, 15) is 14.4 Å². The fraction of sp³-hybridized carbons (Fsp3) is 0.125. The zero-order valence-corrected chi connectivity index (χ0v) is 7.40. The number of rotatable bonds is 4. The van der Waals surface area contributed by atoms with Crippen molar-refractivity contribution in [3.63, 3.8) is 0 Å². The first kappa shape index (κ1) is 9.10. The van der Waals surface area contributed by atoms with Crippen molar-refractivity contribution < 1.29 is 27.2 Å². The SMILES string of the molecule is O=[CH][Mn]([CH]=O)([CH]=O)[CH]1C=CC=C1. The van der Waals surface area contributed by atoms with E-state index in [-0.39, 0.29) is 4.82 Å². The molecule has 0 amide bonds. The van der Waals surface area contributed by atoms with Crippen LogP contribution < -0.4 is 0 Å². The molecule has 0 saturated carbocycles. The summed E-state index contributed by atoms with van der Waals surface area (Å²) in [7, 11) is 0. The van der Waals surface area contributed by atoms with Gasteiger partial charge in [-0.3, -0.25) is 0 Å². The van der Waals surface area contributed by atoms with E-state index in [0.717, 1.165) is 0 Å². The summed E-state index contributed by atoms with van der Waals surface area (Å²) in [6.45, 7) is 0. The van der Waals surface area contributed by atoms with E-state index >= 15 is 0 Å². The second-order valence-corrected chi connectivity index (χ2v) is 6.22. The normalized spacial score (nSPS) is 17.7. The first-order chi connectivity index (χ1) is 5.79. The first-order valence-electron chi connectivity index (χ1n) is 3.25. The Morgan fingerprint density at radius 2 is 1.33 bits per heavy atom. The summed E-state index contributed by atoms with van der Waals surface area (Å²) < 4.78 is 0. The predicted octanol–water partition coefficient (Wildman–Crippen LogP) is 0.625. The van der Waals surface area contributed by atoms with Crippen LogP contribution in [0.15, 0.2) is 24.3 Å². The number of carbonyl (C=O) groups excluding carboxylic acids is 3. The van der Waals surface area contributed by atoms with Gasteiger partial charge in [0, 0.05) is 0 Å². The number of hydrogen-bond acceptors (Lipinski definition) is 3. The van der Waals surface area contributed by atoms with Crippen LogP contribution in [-0.4, -0.2) is 15.6 Å². The molecule has 65 valence electrons. The Morgan fingerprint density at radius 3 is 1.67 bits per heavy atom. The van der Waals surface area contributed by atoms with Crippen molar-refractivity contribution in [2.75, 3.05) is 0 Å². The van der Waals surface area contributed by atoms with Gasteiger partial charge in [0.25, 0.3) is 0 Å². The third kappa shape index (κ3) is 1.31. The summed E-state index contributed by atoms with van der Waals surface area (Å²) in [4.78, 5) is 31.6. The predicted molar refractivity (Wildman–Crippen MR) is 42.3 cm³/mol. The minimum atomic E-state index is -3.02. The van der Waals surface area contributed by atoms with Crippen LogP contribution in [0.25, 0.3) is 0 Å². The molecule has 12 heavy (non-hydrogen) atoms. The van der Waals surface area contributed by atoms with Crippen molar-refractivity contribution in [2.24, 2.45) is 0 Å². The van der Waals surface area contributed by atoms with Crippen molar-refractivity contribution in [3.8, 4) is 0 Å². The Morgan fingerprint density at radius 1 is 0.917 bits per heavy atom. The molecule has 4 heteroatoms. The molecule has 0 bridgehead atoms. The van der Waals surface area contributed by atoms with Crippen LogP contribution >= 0.6 is 0 Å². The zero-order valence-electron chi connectivity index (χ0n) is 6.22. The van der Waals surface area contributed by atoms with Crippen LogP contribution in [0, 0.1) is 0 Å². The van der Waals surface area contributed by atoms with E-state index < -0.39 is 12.8 Å². The molecule has 0 saturated heterocycles. The number of hydrogen-bond donors (Lipinski definition) is 0. The molecule has 0 N–H and O–H groups in total. The summed E-state index contributed by atoms with van der Waals surface area (Å²) >= 11 is -3.02. The maximum atomic E-state index is 10.6. The zero-order chi connectivity index (χ0) is 9.03. The molecule has 0 radical (unpaired) electrons. The van der Waals surface area contributed by atoms with Crippen LogP contribution in [0.4, 0.5) is 0 Å². The van der Waals surface area contributed by atoms with Crippen LogP contribution in [-0.2, 0) is 27.2 Å². The molecule has 1 aliphatic carbocycles. The van der Waals surface area contributed by atoms with Gasteiger partial charge in [-0.05, 0) is 0 Å². The molecule has 0 aromatic carbocycles. The van der Waals surface area contributed by atoms with Gasteiger partial charge in [0.05, 0.1) is 0 Å². The molecule has 1 rings (SSSR count). The molecule has 0 spiro atoms. The van der Waals surface area contributed by atoms with E-state index in [0.29, 0.717) is 15.6 Å². The Bertz CT molecular complexity index is 234. The molecular weight excluding hydrogens is 199 g/mol. The molecule has 0 heterocycles. The number of carbonyl (C=O) groups is 3. The molecule has 3 nitrogen and oxygen atoms in total. The van der Waals surface area contributed by atoms with Gasteiger partial charge in [0.1, 0.15) is 0 Å². The monoisotopic (exact) mass is 207 g/mol. The fourth-order valence-electron chi connectivity index (χ4n) is 0.898. The molecule has 0 aromatic rings. The van der Waals surface area contributed by atoms with Crippen LogP contribution in [0.3, 0.4) is 0 Å². The molecule has 1 aliphatic rings. The van der Waals surface area contributed by atoms with Gasteiger partial charge in [-0.2, -0.15) is 0 Å². The van der Waals surface area contributed by atoms with Crippen LogP contribution in [0.5, 0.6) is 0 Å². The standard InChI is InChI=1S/C5H5.3CHO.Mn/c1-2-4-5-3-1;3*1-2;/h1-5H;3*1H;. The van der Waals surface area contributed by atoms with Gasteiger partial charge in [0.2, 0.25) is 0 Å². The second-order valence-electron chi connectivity index (χ2n) is 2.24. The fourth-order valence-corrected chi connectivity index (χ4v) is 2.70. The van der Waals surface area contributed by atoms with Gasteiger partial charge in [-0.15, -0.1) is 0 Å². The Hall–Kier alpha value is -0.991. The summed E-state index contributed by atoms with van der Waals surface area (Å²) in [6.07, 6.45) is 6.90. The Kier molecular flexibility index (Phi) is 2.73. The minimum absolute atomic E-state index is 0.271. The molecular formula is C8H8MnO3. The van der Waals surface area contributed by atoms with Crippen molar-refractivity contribution >= 4 is 15.6 Å². The van der Waals surface area contributed by atoms with Crippen molar-refractivity contribution in [3.05, 3.63) is 24.3 Å². The van der Waals surface area contributed by atoms with Crippen molar-refractivity contribution in [1.82, 2.24) is 0 Å². The number of allylic oxidation sites excluding steroid dienone is 4. The van der Waals surface area contributed by atoms with Gasteiger partial charge < -0.3 is 0 Å². The molecule has 0 atom stereocenters. The van der Waals surface area contributed by atoms with E-state index in [4.69, 9.17) is 0 Å². The van der Waals surface area contributed by atoms with Gasteiger partial charge >= 0.3 is 71.9 Å². The van der Waals surface area contributed by atoms with Crippen LogP contribution in [0.2, 0.25) is 4.82 Å². The topological polar surface area (TPSA) is 51.2 Å². The maximum absolute atomic E-state index is 10.6. The van der Waals surface area contributed by atoms with Crippen LogP contribution in [0.1, 0.15) is 0 Å². The third-order valence-electron chi connectivity index (χ3n) is 1.60. The summed E-state index contributed by atoms with van der Waals surface area (Å²) in [5, 5.41) is 1.58. The quantitative estimate of drug-likeness (QED) is 0.501. The molecule has 0 aliphatic heterocycles. The second kappa shape index (κ2) is 3.61. The Labute approximate surface area is 72.4 Å². The molecule has 0 fully saturated rings. The average molecular weight is 207 g/mol. The van der Waals surface area contributed by atoms with Gasteiger partial charge in [-0.25, -0.2) is 0 Å². The van der Waals surface area contributed by atoms with E-state index in [1.54, 1.807) is 24.3 Å². The van der Waals surface area contributed by atoms with E-state index in [2.05, 4.69) is 0 Å². The molecule has 0 unspecified atom stereocenters. The molecule has 0 aromatic heterocycles. The first-order valence-corrected chi connectivity index (χ1v) is 5.97. The van der Waals surface area contributed by atoms with E-state index in [1.807, 2.05) is 0 Å². The Balaban J connectivity index is 2.98. The van der Waals surface area contributed by atoms with E-state index in [1.165, 1.54) is 0 Å². The summed E-state index contributed by atoms with van der Waals surface area (Å²) in [5.41, 5.74) is 0.